The highest BCUT2D eigenvalue weighted by Gasteiger charge is 2.21. The van der Waals surface area contributed by atoms with Crippen LogP contribution < -0.4 is 4.74 Å². The quantitative estimate of drug-likeness (QED) is 0.729. The summed E-state index contributed by atoms with van der Waals surface area (Å²) in [7, 11) is 0. The molecule has 0 saturated heterocycles. The van der Waals surface area contributed by atoms with Gasteiger partial charge >= 0.3 is 0 Å². The van der Waals surface area contributed by atoms with Crippen molar-refractivity contribution in [3.8, 4) is 28.3 Å². The molecular weight excluding hydrogens is 284 g/mol. The molecule has 1 aliphatic heterocycles. The molecule has 3 nitrogen and oxygen atoms in total. The fraction of sp³-hybridized carbons (Fsp3) is 0.150. The van der Waals surface area contributed by atoms with Crippen LogP contribution >= 0.6 is 0 Å². The number of aromatic amines is 1. The van der Waals surface area contributed by atoms with E-state index < -0.39 is 0 Å². The van der Waals surface area contributed by atoms with Crippen LogP contribution in [0.4, 0.5) is 0 Å². The van der Waals surface area contributed by atoms with E-state index in [9.17, 15) is 0 Å². The van der Waals surface area contributed by atoms with Gasteiger partial charge in [-0.05, 0) is 49.8 Å². The maximum Gasteiger partial charge on any atom is 0.127 e. The van der Waals surface area contributed by atoms with E-state index >= 15 is 0 Å². The van der Waals surface area contributed by atoms with Gasteiger partial charge in [0.15, 0.2) is 0 Å². The fourth-order valence-electron chi connectivity index (χ4n) is 2.77. The second-order valence-electron chi connectivity index (χ2n) is 6.32. The Morgan fingerprint density at radius 3 is 2.61 bits per heavy atom. The topological polar surface area (TPSA) is 37.9 Å². The molecule has 114 valence electrons. The summed E-state index contributed by atoms with van der Waals surface area (Å²) in [6.07, 6.45) is 4.20. The molecule has 0 amide bonds. The molecule has 0 spiro atoms. The molecule has 2 heterocycles. The molecule has 0 radical (unpaired) electrons. The largest absolute Gasteiger partial charge is 0.483 e. The first-order chi connectivity index (χ1) is 11.1. The van der Waals surface area contributed by atoms with Gasteiger partial charge in [-0.2, -0.15) is 5.10 Å². The summed E-state index contributed by atoms with van der Waals surface area (Å²) in [5.74, 6) is 0.917. The van der Waals surface area contributed by atoms with Gasteiger partial charge in [0, 0.05) is 11.1 Å². The Kier molecular flexibility index (Phi) is 3.08. The van der Waals surface area contributed by atoms with E-state index in [1.807, 2.05) is 24.3 Å². The van der Waals surface area contributed by atoms with Crippen LogP contribution in [0.25, 0.3) is 28.6 Å². The van der Waals surface area contributed by atoms with Crippen LogP contribution in [0, 0.1) is 0 Å². The van der Waals surface area contributed by atoms with E-state index in [1.54, 1.807) is 0 Å². The Bertz CT molecular complexity index is 876. The van der Waals surface area contributed by atoms with Gasteiger partial charge in [-0.15, -0.1) is 0 Å². The average molecular weight is 302 g/mol. The third-order valence-corrected chi connectivity index (χ3v) is 4.01. The van der Waals surface area contributed by atoms with Gasteiger partial charge in [-0.25, -0.2) is 0 Å². The van der Waals surface area contributed by atoms with Crippen LogP contribution in [0.3, 0.4) is 0 Å². The molecule has 23 heavy (non-hydrogen) atoms. The molecule has 3 aromatic rings. The first kappa shape index (κ1) is 13.8. The van der Waals surface area contributed by atoms with Crippen molar-refractivity contribution in [2.45, 2.75) is 19.4 Å². The Morgan fingerprint density at radius 1 is 0.957 bits per heavy atom. The number of benzene rings is 2. The molecule has 0 fully saturated rings. The van der Waals surface area contributed by atoms with Gasteiger partial charge in [-0.3, -0.25) is 5.10 Å². The Balaban J connectivity index is 1.69. The summed E-state index contributed by atoms with van der Waals surface area (Å²) >= 11 is 0. The zero-order chi connectivity index (χ0) is 15.9. The number of ether oxygens (including phenoxy) is 1. The van der Waals surface area contributed by atoms with Crippen molar-refractivity contribution in [2.75, 3.05) is 0 Å². The minimum Gasteiger partial charge on any atom is -0.483 e. The highest BCUT2D eigenvalue weighted by atomic mass is 16.5. The third kappa shape index (κ3) is 2.66. The van der Waals surface area contributed by atoms with Crippen LogP contribution in [0.5, 0.6) is 5.75 Å². The van der Waals surface area contributed by atoms with Crippen molar-refractivity contribution in [1.82, 2.24) is 10.2 Å². The lowest BCUT2D eigenvalue weighted by atomic mass is 10.00. The maximum atomic E-state index is 5.97. The highest BCUT2D eigenvalue weighted by Crippen LogP contribution is 2.34. The fourth-order valence-corrected chi connectivity index (χ4v) is 2.77. The van der Waals surface area contributed by atoms with E-state index in [0.29, 0.717) is 0 Å². The van der Waals surface area contributed by atoms with Gasteiger partial charge < -0.3 is 4.74 Å². The standard InChI is InChI=1S/C20H18N2O/c1-20(2)11-10-16-12-15(8-9-19(16)23-20)18-13-17(21-22-18)14-6-4-3-5-7-14/h3-13H,1-2H3,(H,21,22). The van der Waals surface area contributed by atoms with E-state index in [1.165, 1.54) is 0 Å². The summed E-state index contributed by atoms with van der Waals surface area (Å²) in [6.45, 7) is 4.11. The minimum atomic E-state index is -0.249. The van der Waals surface area contributed by atoms with Crippen molar-refractivity contribution in [1.29, 1.82) is 0 Å². The van der Waals surface area contributed by atoms with Crippen LogP contribution in [-0.2, 0) is 0 Å². The van der Waals surface area contributed by atoms with E-state index in [0.717, 1.165) is 33.8 Å². The summed E-state index contributed by atoms with van der Waals surface area (Å²) in [4.78, 5) is 0. The number of H-pyrrole nitrogens is 1. The van der Waals surface area contributed by atoms with Gasteiger partial charge in [0.05, 0.1) is 11.4 Å². The van der Waals surface area contributed by atoms with E-state index in [-0.39, 0.29) is 5.60 Å². The zero-order valence-corrected chi connectivity index (χ0v) is 13.2. The molecule has 0 atom stereocenters. The summed E-state index contributed by atoms with van der Waals surface area (Å²) in [5.41, 5.74) is 5.01. The Hall–Kier alpha value is -2.81. The van der Waals surface area contributed by atoms with Crippen LogP contribution in [0.1, 0.15) is 19.4 Å². The number of hydrogen-bond donors (Lipinski definition) is 1. The first-order valence-electron chi connectivity index (χ1n) is 7.74. The van der Waals surface area contributed by atoms with Gasteiger partial charge in [0.1, 0.15) is 11.4 Å². The first-order valence-corrected chi connectivity index (χ1v) is 7.74. The monoisotopic (exact) mass is 302 g/mol. The minimum absolute atomic E-state index is 0.249. The van der Waals surface area contributed by atoms with Crippen LogP contribution in [0.15, 0.2) is 60.7 Å². The lowest BCUT2D eigenvalue weighted by Gasteiger charge is -2.27. The van der Waals surface area contributed by atoms with Crippen molar-refractivity contribution in [3.63, 3.8) is 0 Å². The van der Waals surface area contributed by atoms with E-state index in [2.05, 4.69) is 66.5 Å². The molecule has 0 aliphatic carbocycles. The molecule has 3 heteroatoms. The molecule has 2 aromatic carbocycles. The van der Waals surface area contributed by atoms with Gasteiger partial charge in [0.25, 0.3) is 0 Å². The number of nitrogens with zero attached hydrogens (tertiary/aromatic N) is 1. The molecule has 0 unspecified atom stereocenters. The van der Waals surface area contributed by atoms with Crippen LogP contribution in [-0.4, -0.2) is 15.8 Å². The van der Waals surface area contributed by atoms with Crippen molar-refractivity contribution >= 4 is 6.08 Å². The molecule has 0 saturated carbocycles. The van der Waals surface area contributed by atoms with Gasteiger partial charge in [0.2, 0.25) is 0 Å². The second-order valence-corrected chi connectivity index (χ2v) is 6.32. The third-order valence-electron chi connectivity index (χ3n) is 4.01. The lowest BCUT2D eigenvalue weighted by Crippen LogP contribution is -2.27. The average Bonchev–Trinajstić information content (AvgIpc) is 3.04. The highest BCUT2D eigenvalue weighted by molar-refractivity contribution is 5.73. The normalized spacial score (nSPS) is 15.0. The smallest absolute Gasteiger partial charge is 0.127 e. The molecular formula is C20H18N2O. The molecule has 1 aromatic heterocycles. The maximum absolute atomic E-state index is 5.97. The van der Waals surface area contributed by atoms with E-state index in [4.69, 9.17) is 4.74 Å². The predicted molar refractivity (Wildman–Crippen MR) is 93.2 cm³/mol. The van der Waals surface area contributed by atoms with Crippen molar-refractivity contribution in [3.05, 3.63) is 66.2 Å². The zero-order valence-electron chi connectivity index (χ0n) is 13.2. The molecule has 4 rings (SSSR count). The number of nitrogens with one attached hydrogen (secondary N) is 1. The number of aromatic nitrogens is 2. The number of rotatable bonds is 2. The molecule has 1 aliphatic rings. The summed E-state index contributed by atoms with van der Waals surface area (Å²) < 4.78 is 5.97. The summed E-state index contributed by atoms with van der Waals surface area (Å²) in [6, 6.07) is 18.5. The Morgan fingerprint density at radius 2 is 1.78 bits per heavy atom. The van der Waals surface area contributed by atoms with Crippen LogP contribution in [0.2, 0.25) is 0 Å². The molecule has 1 N–H and O–H groups in total. The number of hydrogen-bond acceptors (Lipinski definition) is 2. The Labute approximate surface area is 135 Å². The SMILES string of the molecule is CC1(C)C=Cc2cc(-c3cc(-c4ccccc4)[nH]n3)ccc2O1. The van der Waals surface area contributed by atoms with Crippen molar-refractivity contribution in [2.24, 2.45) is 0 Å². The second kappa shape index (κ2) is 5.13. The predicted octanol–water partition coefficient (Wildman–Crippen LogP) is 4.93. The summed E-state index contributed by atoms with van der Waals surface area (Å²) in [5, 5.41) is 7.56. The molecule has 0 bridgehead atoms. The number of fused-ring (bicyclic) bond motifs is 1. The van der Waals surface area contributed by atoms with Crippen molar-refractivity contribution < 1.29 is 4.74 Å². The lowest BCUT2D eigenvalue weighted by molar-refractivity contribution is 0.159. The van der Waals surface area contributed by atoms with Gasteiger partial charge in [-0.1, -0.05) is 36.4 Å².